The molecule has 2 aromatic rings. The van der Waals surface area contributed by atoms with Crippen molar-refractivity contribution >= 4 is 29.0 Å². The van der Waals surface area contributed by atoms with Crippen LogP contribution in [-0.4, -0.2) is 15.9 Å². The molecule has 0 spiro atoms. The Balaban J connectivity index is 2.20. The lowest BCUT2D eigenvalue weighted by molar-refractivity contribution is -0.119. The van der Waals surface area contributed by atoms with Crippen LogP contribution in [0.25, 0.3) is 0 Å². The third-order valence-electron chi connectivity index (χ3n) is 2.36. The molecule has 0 saturated heterocycles. The summed E-state index contributed by atoms with van der Waals surface area (Å²) in [7, 11) is 0. The molecule has 0 bridgehead atoms. The number of carbonyl (C=O) groups excluding carboxylic acids is 1. The Morgan fingerprint density at radius 3 is 3.00 bits per heavy atom. The Labute approximate surface area is 110 Å². The SMILES string of the molecule is CC(=O)NCc1cc(Cl)ccc1Nc1cnc[nH]1. The van der Waals surface area contributed by atoms with Gasteiger partial charge in [0.15, 0.2) is 0 Å². The Bertz CT molecular complexity index is 539. The Morgan fingerprint density at radius 1 is 1.50 bits per heavy atom. The normalized spacial score (nSPS) is 10.1. The second-order valence-corrected chi connectivity index (χ2v) is 4.24. The molecule has 0 aliphatic heterocycles. The molecule has 1 heterocycles. The minimum Gasteiger partial charge on any atom is -0.352 e. The van der Waals surface area contributed by atoms with Crippen molar-refractivity contribution < 1.29 is 4.79 Å². The van der Waals surface area contributed by atoms with Crippen LogP contribution in [0.5, 0.6) is 0 Å². The van der Waals surface area contributed by atoms with E-state index < -0.39 is 0 Å². The van der Waals surface area contributed by atoms with Crippen LogP contribution >= 0.6 is 11.6 Å². The molecule has 0 aliphatic carbocycles. The molecule has 0 aliphatic rings. The Morgan fingerprint density at radius 2 is 2.33 bits per heavy atom. The quantitative estimate of drug-likeness (QED) is 0.794. The molecular formula is C12H13ClN4O. The standard InChI is InChI=1S/C12H13ClN4O/c1-8(18)15-5-9-4-10(13)2-3-11(9)17-12-6-14-7-16-12/h2-4,6-7,17H,5H2,1H3,(H,14,16)(H,15,18). The number of carbonyl (C=O) groups is 1. The van der Waals surface area contributed by atoms with Gasteiger partial charge < -0.3 is 15.6 Å². The average Bonchev–Trinajstić information content (AvgIpc) is 2.82. The Kier molecular flexibility index (Phi) is 3.84. The number of rotatable bonds is 4. The fourth-order valence-corrected chi connectivity index (χ4v) is 1.71. The number of anilines is 2. The van der Waals surface area contributed by atoms with E-state index in [1.54, 1.807) is 18.6 Å². The number of nitrogens with zero attached hydrogens (tertiary/aromatic N) is 1. The van der Waals surface area contributed by atoms with Crippen molar-refractivity contribution in [3.05, 3.63) is 41.3 Å². The van der Waals surface area contributed by atoms with Gasteiger partial charge in [0.05, 0.1) is 12.5 Å². The number of aromatic nitrogens is 2. The molecule has 2 rings (SSSR count). The fraction of sp³-hybridized carbons (Fsp3) is 0.167. The first-order chi connectivity index (χ1) is 8.65. The predicted molar refractivity (Wildman–Crippen MR) is 70.8 cm³/mol. The van der Waals surface area contributed by atoms with E-state index in [1.807, 2.05) is 12.1 Å². The van der Waals surface area contributed by atoms with Crippen molar-refractivity contribution in [3.63, 3.8) is 0 Å². The third-order valence-corrected chi connectivity index (χ3v) is 2.60. The van der Waals surface area contributed by atoms with Gasteiger partial charge >= 0.3 is 0 Å². The number of halogens is 1. The van der Waals surface area contributed by atoms with Crippen molar-refractivity contribution in [1.29, 1.82) is 0 Å². The lowest BCUT2D eigenvalue weighted by Crippen LogP contribution is -2.19. The van der Waals surface area contributed by atoms with E-state index in [4.69, 9.17) is 11.6 Å². The molecule has 1 aromatic heterocycles. The number of aromatic amines is 1. The van der Waals surface area contributed by atoms with Crippen molar-refractivity contribution in [2.24, 2.45) is 0 Å². The zero-order chi connectivity index (χ0) is 13.0. The molecule has 0 atom stereocenters. The van der Waals surface area contributed by atoms with Gasteiger partial charge in [-0.1, -0.05) is 11.6 Å². The maximum absolute atomic E-state index is 10.9. The largest absolute Gasteiger partial charge is 0.352 e. The number of nitrogens with one attached hydrogen (secondary N) is 3. The predicted octanol–water partition coefficient (Wildman–Crippen LogP) is 2.44. The molecule has 0 radical (unpaired) electrons. The molecule has 3 N–H and O–H groups in total. The van der Waals surface area contributed by atoms with Crippen LogP contribution in [0, 0.1) is 0 Å². The van der Waals surface area contributed by atoms with Crippen LogP contribution in [0.15, 0.2) is 30.7 Å². The second-order valence-electron chi connectivity index (χ2n) is 3.80. The summed E-state index contributed by atoms with van der Waals surface area (Å²) < 4.78 is 0. The first-order valence-electron chi connectivity index (χ1n) is 5.43. The van der Waals surface area contributed by atoms with Crippen LogP contribution < -0.4 is 10.6 Å². The average molecular weight is 265 g/mol. The van der Waals surface area contributed by atoms with E-state index in [0.717, 1.165) is 17.1 Å². The van der Waals surface area contributed by atoms with E-state index in [0.29, 0.717) is 11.6 Å². The van der Waals surface area contributed by atoms with Gasteiger partial charge in [0.1, 0.15) is 5.82 Å². The molecule has 0 unspecified atom stereocenters. The van der Waals surface area contributed by atoms with Gasteiger partial charge in [-0.15, -0.1) is 0 Å². The second kappa shape index (κ2) is 5.55. The first kappa shape index (κ1) is 12.4. The first-order valence-corrected chi connectivity index (χ1v) is 5.81. The summed E-state index contributed by atoms with van der Waals surface area (Å²) in [5.74, 6) is 0.698. The molecule has 1 aromatic carbocycles. The van der Waals surface area contributed by atoms with Gasteiger partial charge in [-0.05, 0) is 23.8 Å². The molecular weight excluding hydrogens is 252 g/mol. The summed E-state index contributed by atoms with van der Waals surface area (Å²) in [5, 5.41) is 6.55. The van der Waals surface area contributed by atoms with Crippen molar-refractivity contribution in [2.75, 3.05) is 5.32 Å². The molecule has 18 heavy (non-hydrogen) atoms. The number of hydrogen-bond acceptors (Lipinski definition) is 3. The van der Waals surface area contributed by atoms with Crippen molar-refractivity contribution in [2.45, 2.75) is 13.5 Å². The topological polar surface area (TPSA) is 69.8 Å². The van der Waals surface area contributed by atoms with Crippen LogP contribution in [-0.2, 0) is 11.3 Å². The van der Waals surface area contributed by atoms with E-state index in [2.05, 4.69) is 20.6 Å². The highest BCUT2D eigenvalue weighted by Gasteiger charge is 2.05. The number of amides is 1. The van der Waals surface area contributed by atoms with Gasteiger partial charge in [-0.3, -0.25) is 4.79 Å². The zero-order valence-corrected chi connectivity index (χ0v) is 10.6. The maximum atomic E-state index is 10.9. The summed E-state index contributed by atoms with van der Waals surface area (Å²) in [4.78, 5) is 17.8. The van der Waals surface area contributed by atoms with Crippen molar-refractivity contribution in [1.82, 2.24) is 15.3 Å². The van der Waals surface area contributed by atoms with Crippen molar-refractivity contribution in [3.8, 4) is 0 Å². The molecule has 5 nitrogen and oxygen atoms in total. The lowest BCUT2D eigenvalue weighted by Gasteiger charge is -2.11. The highest BCUT2D eigenvalue weighted by Crippen LogP contribution is 2.23. The Hall–Kier alpha value is -2.01. The summed E-state index contributed by atoms with van der Waals surface area (Å²) in [6, 6.07) is 5.47. The zero-order valence-electron chi connectivity index (χ0n) is 9.83. The number of hydrogen-bond donors (Lipinski definition) is 3. The fourth-order valence-electron chi connectivity index (χ4n) is 1.52. The smallest absolute Gasteiger partial charge is 0.217 e. The molecule has 0 fully saturated rings. The number of benzene rings is 1. The summed E-state index contributed by atoms with van der Waals surface area (Å²) in [6.45, 7) is 1.90. The minimum atomic E-state index is -0.0811. The number of imidazole rings is 1. The van der Waals surface area contributed by atoms with Gasteiger partial charge in [-0.2, -0.15) is 0 Å². The molecule has 6 heteroatoms. The third kappa shape index (κ3) is 3.24. The van der Waals surface area contributed by atoms with Gasteiger partial charge in [0, 0.05) is 24.2 Å². The van der Waals surface area contributed by atoms with E-state index >= 15 is 0 Å². The van der Waals surface area contributed by atoms with Crippen LogP contribution in [0.2, 0.25) is 5.02 Å². The molecule has 94 valence electrons. The maximum Gasteiger partial charge on any atom is 0.217 e. The minimum absolute atomic E-state index is 0.0811. The summed E-state index contributed by atoms with van der Waals surface area (Å²) in [5.41, 5.74) is 1.78. The highest BCUT2D eigenvalue weighted by molar-refractivity contribution is 6.30. The van der Waals surface area contributed by atoms with E-state index in [-0.39, 0.29) is 5.91 Å². The van der Waals surface area contributed by atoms with Gasteiger partial charge in [0.25, 0.3) is 0 Å². The summed E-state index contributed by atoms with van der Waals surface area (Å²) in [6.07, 6.45) is 3.27. The molecule has 0 saturated carbocycles. The van der Waals surface area contributed by atoms with Crippen LogP contribution in [0.1, 0.15) is 12.5 Å². The van der Waals surface area contributed by atoms with Gasteiger partial charge in [0.2, 0.25) is 5.91 Å². The highest BCUT2D eigenvalue weighted by atomic mass is 35.5. The van der Waals surface area contributed by atoms with E-state index in [1.165, 1.54) is 6.92 Å². The van der Waals surface area contributed by atoms with Gasteiger partial charge in [-0.25, -0.2) is 4.98 Å². The van der Waals surface area contributed by atoms with Crippen LogP contribution in [0.4, 0.5) is 11.5 Å². The lowest BCUT2D eigenvalue weighted by atomic mass is 10.1. The van der Waals surface area contributed by atoms with Crippen LogP contribution in [0.3, 0.4) is 0 Å². The molecule has 1 amide bonds. The summed E-state index contributed by atoms with van der Waals surface area (Å²) >= 11 is 5.95. The monoisotopic (exact) mass is 264 g/mol. The van der Waals surface area contributed by atoms with E-state index in [9.17, 15) is 4.79 Å². The number of H-pyrrole nitrogens is 1.